The van der Waals surface area contributed by atoms with Gasteiger partial charge in [0.05, 0.1) is 5.69 Å². The first-order chi connectivity index (χ1) is 11.5. The number of carbonyl (C=O) groups excluding carboxylic acids is 2. The molecule has 0 aromatic heterocycles. The lowest BCUT2D eigenvalue weighted by Gasteiger charge is -2.15. The molecule has 5 nitrogen and oxygen atoms in total. The molecule has 24 heavy (non-hydrogen) atoms. The summed E-state index contributed by atoms with van der Waals surface area (Å²) in [5.41, 5.74) is 1.31. The molecule has 1 aliphatic heterocycles. The van der Waals surface area contributed by atoms with Gasteiger partial charge in [0, 0.05) is 16.6 Å². The zero-order valence-corrected chi connectivity index (χ0v) is 14.9. The van der Waals surface area contributed by atoms with Crippen molar-refractivity contribution in [1.82, 2.24) is 0 Å². The normalized spacial score (nSPS) is 17.2. The van der Waals surface area contributed by atoms with E-state index in [0.29, 0.717) is 11.4 Å². The molecule has 3 rings (SSSR count). The van der Waals surface area contributed by atoms with Crippen LogP contribution in [-0.2, 0) is 9.59 Å². The highest BCUT2D eigenvalue weighted by molar-refractivity contribution is 9.10. The number of nitrogens with one attached hydrogen (secondary N) is 2. The first kappa shape index (κ1) is 16.7. The molecule has 122 valence electrons. The Labute approximate surface area is 152 Å². The van der Waals surface area contributed by atoms with Crippen LogP contribution >= 0.6 is 27.7 Å². The standard InChI is InChI=1S/C17H14BrN3O2S/c18-11-5-4-6-12(9-11)20-15(22)10-14-16(23)21(17(19)24-14)13-7-2-1-3-8-13/h1-9,14,19H,10H2,(H,20,22). The van der Waals surface area contributed by atoms with Crippen LogP contribution in [0.1, 0.15) is 6.42 Å². The maximum absolute atomic E-state index is 12.5. The predicted molar refractivity (Wildman–Crippen MR) is 100 cm³/mol. The fraction of sp³-hybridized carbons (Fsp3) is 0.118. The van der Waals surface area contributed by atoms with Crippen molar-refractivity contribution >= 4 is 56.0 Å². The number of anilines is 2. The Balaban J connectivity index is 1.67. The average Bonchev–Trinajstić information content (AvgIpc) is 2.82. The highest BCUT2D eigenvalue weighted by atomic mass is 79.9. The van der Waals surface area contributed by atoms with E-state index in [4.69, 9.17) is 5.41 Å². The maximum Gasteiger partial charge on any atom is 0.247 e. The van der Waals surface area contributed by atoms with Gasteiger partial charge < -0.3 is 5.32 Å². The number of hydrogen-bond acceptors (Lipinski definition) is 4. The van der Waals surface area contributed by atoms with Crippen molar-refractivity contribution in [1.29, 1.82) is 5.41 Å². The van der Waals surface area contributed by atoms with Crippen molar-refractivity contribution < 1.29 is 9.59 Å². The Bertz CT molecular complexity index is 797. The molecule has 1 fully saturated rings. The van der Waals surface area contributed by atoms with Crippen LogP contribution < -0.4 is 10.2 Å². The molecule has 2 N–H and O–H groups in total. The van der Waals surface area contributed by atoms with E-state index in [0.717, 1.165) is 16.2 Å². The minimum Gasteiger partial charge on any atom is -0.326 e. The third kappa shape index (κ3) is 3.68. The number of hydrogen-bond donors (Lipinski definition) is 2. The van der Waals surface area contributed by atoms with Crippen molar-refractivity contribution in [2.24, 2.45) is 0 Å². The molecule has 2 aromatic carbocycles. The Morgan fingerprint density at radius 3 is 2.67 bits per heavy atom. The Morgan fingerprint density at radius 1 is 1.21 bits per heavy atom. The van der Waals surface area contributed by atoms with Gasteiger partial charge in [-0.15, -0.1) is 0 Å². The van der Waals surface area contributed by atoms with Crippen molar-refractivity contribution in [2.75, 3.05) is 10.2 Å². The van der Waals surface area contributed by atoms with Gasteiger partial charge in [0.25, 0.3) is 0 Å². The van der Waals surface area contributed by atoms with Gasteiger partial charge in [-0.2, -0.15) is 0 Å². The van der Waals surface area contributed by atoms with E-state index in [-0.39, 0.29) is 23.4 Å². The SMILES string of the molecule is N=C1SC(CC(=O)Nc2cccc(Br)c2)C(=O)N1c1ccccc1. The Hall–Kier alpha value is -2.12. The lowest BCUT2D eigenvalue weighted by molar-refractivity contribution is -0.121. The fourth-order valence-electron chi connectivity index (χ4n) is 2.38. The van der Waals surface area contributed by atoms with E-state index in [9.17, 15) is 9.59 Å². The van der Waals surface area contributed by atoms with Crippen LogP contribution in [-0.4, -0.2) is 22.2 Å². The molecule has 0 spiro atoms. The number of nitrogens with zero attached hydrogens (tertiary/aromatic N) is 1. The molecule has 0 radical (unpaired) electrons. The number of para-hydroxylation sites is 1. The number of benzene rings is 2. The fourth-order valence-corrected chi connectivity index (χ4v) is 3.79. The van der Waals surface area contributed by atoms with Crippen LogP contribution in [0.3, 0.4) is 0 Å². The number of amides is 2. The van der Waals surface area contributed by atoms with Crippen LogP contribution in [0.15, 0.2) is 59.1 Å². The summed E-state index contributed by atoms with van der Waals surface area (Å²) in [4.78, 5) is 26.1. The monoisotopic (exact) mass is 403 g/mol. The van der Waals surface area contributed by atoms with Crippen LogP contribution in [0.5, 0.6) is 0 Å². The van der Waals surface area contributed by atoms with E-state index in [2.05, 4.69) is 21.2 Å². The second-order valence-electron chi connectivity index (χ2n) is 5.18. The van der Waals surface area contributed by atoms with Gasteiger partial charge in [0.15, 0.2) is 5.17 Å². The first-order valence-electron chi connectivity index (χ1n) is 7.24. The summed E-state index contributed by atoms with van der Waals surface area (Å²) in [6, 6.07) is 16.3. The summed E-state index contributed by atoms with van der Waals surface area (Å²) in [5.74, 6) is -0.484. The molecule has 7 heteroatoms. The third-order valence-electron chi connectivity index (χ3n) is 3.45. The van der Waals surface area contributed by atoms with Gasteiger partial charge >= 0.3 is 0 Å². The van der Waals surface area contributed by atoms with E-state index in [1.165, 1.54) is 4.90 Å². The van der Waals surface area contributed by atoms with E-state index < -0.39 is 5.25 Å². The van der Waals surface area contributed by atoms with E-state index in [1.807, 2.05) is 30.3 Å². The molecule has 1 aliphatic rings. The number of carbonyl (C=O) groups is 2. The first-order valence-corrected chi connectivity index (χ1v) is 8.91. The highest BCUT2D eigenvalue weighted by Gasteiger charge is 2.39. The summed E-state index contributed by atoms with van der Waals surface area (Å²) in [7, 11) is 0. The molecule has 1 unspecified atom stereocenters. The molecular weight excluding hydrogens is 390 g/mol. The lowest BCUT2D eigenvalue weighted by atomic mass is 10.2. The van der Waals surface area contributed by atoms with E-state index in [1.54, 1.807) is 24.3 Å². The Morgan fingerprint density at radius 2 is 1.96 bits per heavy atom. The van der Waals surface area contributed by atoms with Crippen LogP contribution in [0.2, 0.25) is 0 Å². The van der Waals surface area contributed by atoms with Gasteiger partial charge in [-0.25, -0.2) is 0 Å². The highest BCUT2D eigenvalue weighted by Crippen LogP contribution is 2.32. The number of rotatable bonds is 4. The zero-order chi connectivity index (χ0) is 17.1. The molecular formula is C17H14BrN3O2S. The second-order valence-corrected chi connectivity index (χ2v) is 7.29. The van der Waals surface area contributed by atoms with Crippen molar-refractivity contribution in [3.05, 3.63) is 59.1 Å². The largest absolute Gasteiger partial charge is 0.326 e. The molecule has 2 aromatic rings. The van der Waals surface area contributed by atoms with Crippen molar-refractivity contribution in [3.63, 3.8) is 0 Å². The second kappa shape index (κ2) is 7.19. The van der Waals surface area contributed by atoms with E-state index >= 15 is 0 Å². The lowest BCUT2D eigenvalue weighted by Crippen LogP contribution is -2.33. The van der Waals surface area contributed by atoms with Gasteiger partial charge in [0.1, 0.15) is 5.25 Å². The Kier molecular flexibility index (Phi) is 5.01. The molecule has 0 bridgehead atoms. The number of halogens is 1. The number of amidine groups is 1. The summed E-state index contributed by atoms with van der Waals surface area (Å²) in [5, 5.41) is 10.4. The van der Waals surface area contributed by atoms with Gasteiger partial charge in [-0.05, 0) is 30.3 Å². The topological polar surface area (TPSA) is 73.3 Å². The minimum absolute atomic E-state index is 0.0295. The average molecular weight is 404 g/mol. The molecule has 0 saturated carbocycles. The summed E-state index contributed by atoms with van der Waals surface area (Å²) in [6.07, 6.45) is 0.0295. The maximum atomic E-state index is 12.5. The van der Waals surface area contributed by atoms with Crippen LogP contribution in [0.4, 0.5) is 11.4 Å². The molecule has 1 atom stereocenters. The van der Waals surface area contributed by atoms with Crippen molar-refractivity contribution in [2.45, 2.75) is 11.7 Å². The van der Waals surface area contributed by atoms with Gasteiger partial charge in [-0.3, -0.25) is 19.9 Å². The number of thioether (sulfide) groups is 1. The molecule has 1 heterocycles. The smallest absolute Gasteiger partial charge is 0.247 e. The third-order valence-corrected chi connectivity index (χ3v) is 5.00. The van der Waals surface area contributed by atoms with Crippen molar-refractivity contribution in [3.8, 4) is 0 Å². The molecule has 0 aliphatic carbocycles. The summed E-state index contributed by atoms with van der Waals surface area (Å²) in [6.45, 7) is 0. The molecule has 1 saturated heterocycles. The zero-order valence-electron chi connectivity index (χ0n) is 12.5. The minimum atomic E-state index is -0.579. The summed E-state index contributed by atoms with van der Waals surface area (Å²) >= 11 is 4.46. The van der Waals surface area contributed by atoms with Crippen LogP contribution in [0, 0.1) is 5.41 Å². The van der Waals surface area contributed by atoms with Crippen LogP contribution in [0.25, 0.3) is 0 Å². The summed E-state index contributed by atoms with van der Waals surface area (Å²) < 4.78 is 0.864. The predicted octanol–water partition coefficient (Wildman–Crippen LogP) is 3.86. The van der Waals surface area contributed by atoms with Gasteiger partial charge in [0.2, 0.25) is 11.8 Å². The quantitative estimate of drug-likeness (QED) is 0.813. The molecule has 2 amide bonds. The van der Waals surface area contributed by atoms with Gasteiger partial charge in [-0.1, -0.05) is 52.0 Å².